The van der Waals surface area contributed by atoms with E-state index in [1.165, 1.54) is 17.1 Å². The Morgan fingerprint density at radius 1 is 1.05 bits per heavy atom. The average molecular weight is 283 g/mol. The van der Waals surface area contributed by atoms with Crippen molar-refractivity contribution in [2.45, 2.75) is 72.4 Å². The van der Waals surface area contributed by atoms with E-state index in [0.717, 1.165) is 6.42 Å². The third kappa shape index (κ3) is 5.08. The van der Waals surface area contributed by atoms with Gasteiger partial charge in [0.25, 0.3) is 11.8 Å². The summed E-state index contributed by atoms with van der Waals surface area (Å²) >= 11 is 0. The van der Waals surface area contributed by atoms with Gasteiger partial charge in [-0.15, -0.1) is 0 Å². The molecule has 2 amide bonds. The quantitative estimate of drug-likeness (QED) is 0.703. The highest BCUT2D eigenvalue weighted by atomic mass is 16.5. The lowest BCUT2D eigenvalue weighted by atomic mass is 9.98. The lowest BCUT2D eigenvalue weighted by Crippen LogP contribution is -2.48. The van der Waals surface area contributed by atoms with Crippen molar-refractivity contribution in [2.24, 2.45) is 0 Å². The smallest absolute Gasteiger partial charge is 0.254 e. The first-order valence-electron chi connectivity index (χ1n) is 7.40. The van der Waals surface area contributed by atoms with E-state index in [1.54, 1.807) is 0 Å². The van der Waals surface area contributed by atoms with Gasteiger partial charge in [0, 0.05) is 24.3 Å². The van der Waals surface area contributed by atoms with Crippen molar-refractivity contribution < 1.29 is 14.3 Å². The Balaban J connectivity index is 0.00000172. The molecular formula is C16H29NO3. The highest BCUT2D eigenvalue weighted by molar-refractivity contribution is 6.13. The Kier molecular flexibility index (Phi) is 7.14. The van der Waals surface area contributed by atoms with Crippen LogP contribution in [0, 0.1) is 0 Å². The van der Waals surface area contributed by atoms with Gasteiger partial charge < -0.3 is 4.74 Å². The number of nitrogens with zero attached hydrogens (tertiary/aromatic N) is 1. The fourth-order valence-corrected chi connectivity index (χ4v) is 1.79. The van der Waals surface area contributed by atoms with Crippen molar-refractivity contribution >= 4 is 11.8 Å². The minimum absolute atomic E-state index is 0.159. The highest BCUT2D eigenvalue weighted by Crippen LogP contribution is 2.24. The molecule has 0 radical (unpaired) electrons. The predicted octanol–water partition coefficient (Wildman–Crippen LogP) is 3.31. The van der Waals surface area contributed by atoms with Crippen LogP contribution in [-0.4, -0.2) is 34.5 Å². The Hall–Kier alpha value is -1.16. The number of imide groups is 1. The van der Waals surface area contributed by atoms with Crippen molar-refractivity contribution in [3.05, 3.63) is 12.2 Å². The molecule has 0 saturated heterocycles. The summed E-state index contributed by atoms with van der Waals surface area (Å²) < 4.78 is 5.77. The summed E-state index contributed by atoms with van der Waals surface area (Å²) in [6.07, 6.45) is 4.20. The molecule has 0 bridgehead atoms. The molecule has 0 spiro atoms. The standard InChI is InChI=1S/C14H23NO3.C2H6/c1-6-14(4,5)18-10-9-13(2,3)15-11(16)7-8-12(15)17;1-2/h7-8H,6,9-10H2,1-5H3;1-2H3. The summed E-state index contributed by atoms with van der Waals surface area (Å²) in [7, 11) is 0. The van der Waals surface area contributed by atoms with Crippen LogP contribution in [0.2, 0.25) is 0 Å². The van der Waals surface area contributed by atoms with E-state index in [1.807, 2.05) is 41.5 Å². The van der Waals surface area contributed by atoms with Gasteiger partial charge in [0.1, 0.15) is 0 Å². The monoisotopic (exact) mass is 283 g/mol. The summed E-state index contributed by atoms with van der Waals surface area (Å²) in [5.74, 6) is -0.473. The number of carbonyl (C=O) groups excluding carboxylic acids is 2. The zero-order valence-corrected chi connectivity index (χ0v) is 13.9. The molecule has 0 aromatic heterocycles. The molecule has 0 N–H and O–H groups in total. The van der Waals surface area contributed by atoms with E-state index < -0.39 is 5.54 Å². The van der Waals surface area contributed by atoms with Crippen LogP contribution < -0.4 is 0 Å². The number of ether oxygens (including phenoxy) is 1. The number of hydrogen-bond acceptors (Lipinski definition) is 3. The second-order valence-corrected chi connectivity index (χ2v) is 5.87. The van der Waals surface area contributed by atoms with Crippen LogP contribution in [-0.2, 0) is 14.3 Å². The number of hydrogen-bond donors (Lipinski definition) is 0. The summed E-state index contributed by atoms with van der Waals surface area (Å²) in [6.45, 7) is 14.4. The predicted molar refractivity (Wildman–Crippen MR) is 81.4 cm³/mol. The maximum Gasteiger partial charge on any atom is 0.254 e. The van der Waals surface area contributed by atoms with E-state index in [4.69, 9.17) is 4.74 Å². The maximum absolute atomic E-state index is 11.6. The SMILES string of the molecule is CC.CCC(C)(C)OCCC(C)(C)N1C(=O)C=CC1=O. The summed E-state index contributed by atoms with van der Waals surface area (Å²) in [4.78, 5) is 24.6. The zero-order chi connectivity index (χ0) is 16.0. The fraction of sp³-hybridized carbons (Fsp3) is 0.750. The first-order chi connectivity index (χ1) is 9.19. The minimum Gasteiger partial charge on any atom is -0.375 e. The number of amides is 2. The minimum atomic E-state index is -0.512. The summed E-state index contributed by atoms with van der Waals surface area (Å²) in [6, 6.07) is 0. The van der Waals surface area contributed by atoms with Gasteiger partial charge in [0.05, 0.1) is 5.60 Å². The van der Waals surface area contributed by atoms with Gasteiger partial charge in [-0.1, -0.05) is 20.8 Å². The van der Waals surface area contributed by atoms with Gasteiger partial charge in [-0.25, -0.2) is 0 Å². The highest BCUT2D eigenvalue weighted by Gasteiger charge is 2.37. The normalized spacial score (nSPS) is 15.4. The van der Waals surface area contributed by atoms with E-state index in [2.05, 4.69) is 6.92 Å². The lowest BCUT2D eigenvalue weighted by Gasteiger charge is -2.35. The topological polar surface area (TPSA) is 46.6 Å². The first-order valence-corrected chi connectivity index (χ1v) is 7.40. The van der Waals surface area contributed by atoms with Gasteiger partial charge in [0.15, 0.2) is 0 Å². The van der Waals surface area contributed by atoms with Gasteiger partial charge >= 0.3 is 0 Å². The third-order valence-corrected chi connectivity index (χ3v) is 3.47. The molecule has 0 aromatic carbocycles. The van der Waals surface area contributed by atoms with Crippen LogP contribution in [0.3, 0.4) is 0 Å². The number of carbonyl (C=O) groups is 2. The second kappa shape index (κ2) is 7.58. The van der Waals surface area contributed by atoms with Crippen molar-refractivity contribution in [1.29, 1.82) is 0 Å². The Bertz CT molecular complexity index is 352. The van der Waals surface area contributed by atoms with Crippen LogP contribution in [0.1, 0.15) is 61.3 Å². The molecule has 0 aliphatic carbocycles. The summed E-state index contributed by atoms with van der Waals surface area (Å²) in [5, 5.41) is 0. The van der Waals surface area contributed by atoms with Crippen LogP contribution >= 0.6 is 0 Å². The largest absolute Gasteiger partial charge is 0.375 e. The molecule has 0 aromatic rings. The van der Waals surface area contributed by atoms with Gasteiger partial charge in [0.2, 0.25) is 0 Å². The second-order valence-electron chi connectivity index (χ2n) is 5.87. The molecular weight excluding hydrogens is 254 g/mol. The lowest BCUT2D eigenvalue weighted by molar-refractivity contribution is -0.143. The van der Waals surface area contributed by atoms with Crippen molar-refractivity contribution in [2.75, 3.05) is 6.61 Å². The Morgan fingerprint density at radius 3 is 1.90 bits per heavy atom. The van der Waals surface area contributed by atoms with E-state index in [9.17, 15) is 9.59 Å². The molecule has 116 valence electrons. The molecule has 4 heteroatoms. The van der Waals surface area contributed by atoms with Crippen molar-refractivity contribution in [3.63, 3.8) is 0 Å². The third-order valence-electron chi connectivity index (χ3n) is 3.47. The Labute approximate surface area is 123 Å². The van der Waals surface area contributed by atoms with Crippen molar-refractivity contribution in [3.8, 4) is 0 Å². The van der Waals surface area contributed by atoms with Crippen LogP contribution in [0.4, 0.5) is 0 Å². The molecule has 1 aliphatic rings. The number of rotatable bonds is 6. The van der Waals surface area contributed by atoms with Crippen molar-refractivity contribution in [1.82, 2.24) is 4.90 Å². The van der Waals surface area contributed by atoms with Gasteiger partial charge in [-0.3, -0.25) is 14.5 Å². The zero-order valence-electron chi connectivity index (χ0n) is 13.9. The van der Waals surface area contributed by atoms with Crippen LogP contribution in [0.25, 0.3) is 0 Å². The molecule has 0 fully saturated rings. The fourth-order valence-electron chi connectivity index (χ4n) is 1.79. The first kappa shape index (κ1) is 18.8. The van der Waals surface area contributed by atoms with Crippen LogP contribution in [0.5, 0.6) is 0 Å². The van der Waals surface area contributed by atoms with E-state index >= 15 is 0 Å². The molecule has 1 aliphatic heterocycles. The van der Waals surface area contributed by atoms with E-state index in [0.29, 0.717) is 13.0 Å². The maximum atomic E-state index is 11.6. The van der Waals surface area contributed by atoms with E-state index in [-0.39, 0.29) is 17.4 Å². The molecule has 1 rings (SSSR count). The van der Waals surface area contributed by atoms with Crippen LogP contribution in [0.15, 0.2) is 12.2 Å². The summed E-state index contributed by atoms with van der Waals surface area (Å²) in [5.41, 5.74) is -0.672. The molecule has 4 nitrogen and oxygen atoms in total. The Morgan fingerprint density at radius 2 is 1.50 bits per heavy atom. The molecule has 20 heavy (non-hydrogen) atoms. The van der Waals surface area contributed by atoms with Gasteiger partial charge in [-0.05, 0) is 40.5 Å². The molecule has 0 saturated carbocycles. The average Bonchev–Trinajstić information content (AvgIpc) is 2.71. The molecule has 1 heterocycles. The molecule has 0 unspecified atom stereocenters. The van der Waals surface area contributed by atoms with Gasteiger partial charge in [-0.2, -0.15) is 0 Å². The molecule has 0 atom stereocenters.